The molecule has 0 bridgehead atoms. The maximum Gasteiger partial charge on any atom is 0.264 e. The van der Waals surface area contributed by atoms with Crippen LogP contribution in [-0.4, -0.2) is 34.2 Å². The van der Waals surface area contributed by atoms with Crippen molar-refractivity contribution in [3.63, 3.8) is 0 Å². The fourth-order valence-electron chi connectivity index (χ4n) is 1.50. The fourth-order valence-corrected chi connectivity index (χ4v) is 2.07. The molecule has 4 N–H and O–H groups in total. The number of hydrogen-bond acceptors (Lipinski definition) is 6. The number of phenols is 2. The van der Waals surface area contributed by atoms with Crippen molar-refractivity contribution < 1.29 is 33.3 Å². The summed E-state index contributed by atoms with van der Waals surface area (Å²) >= 11 is 0. The van der Waals surface area contributed by atoms with Gasteiger partial charge in [0.1, 0.15) is 0 Å². The van der Waals surface area contributed by atoms with Crippen molar-refractivity contribution in [1.29, 1.82) is 0 Å². The van der Waals surface area contributed by atoms with Crippen molar-refractivity contribution in [2.75, 3.05) is 5.75 Å². The Balaban J connectivity index is 2.65. The topological polar surface area (TPSA) is 124 Å². The molecule has 102 valence electrons. The summed E-state index contributed by atoms with van der Waals surface area (Å²) in [6.45, 7) is 0. The van der Waals surface area contributed by atoms with Gasteiger partial charge in [-0.15, -0.1) is 0 Å². The van der Waals surface area contributed by atoms with E-state index in [0.29, 0.717) is 18.4 Å². The lowest BCUT2D eigenvalue weighted by Crippen LogP contribution is -2.04. The largest absolute Gasteiger partial charge is 0.504 e. The highest BCUT2D eigenvalue weighted by Crippen LogP contribution is 2.38. The number of rotatable bonds is 6. The van der Waals surface area contributed by atoms with Crippen LogP contribution in [0.2, 0.25) is 0 Å². The molecule has 18 heavy (non-hydrogen) atoms. The Kier molecular flexibility index (Phi) is 4.76. The highest BCUT2D eigenvalue weighted by Gasteiger charge is 2.14. The molecule has 0 aliphatic rings. The van der Waals surface area contributed by atoms with Gasteiger partial charge in [-0.2, -0.15) is 8.42 Å². The molecule has 0 unspecified atom stereocenters. The maximum absolute atomic E-state index is 10.5. The Hall–Kier alpha value is -1.51. The van der Waals surface area contributed by atoms with Crippen LogP contribution < -0.4 is 4.89 Å². The summed E-state index contributed by atoms with van der Waals surface area (Å²) in [6.07, 6.45) is 0.949. The molecular formula is C10H14O7S. The molecule has 0 saturated carbocycles. The van der Waals surface area contributed by atoms with Gasteiger partial charge < -0.3 is 15.1 Å². The Labute approximate surface area is 104 Å². The van der Waals surface area contributed by atoms with Crippen LogP contribution in [0.15, 0.2) is 12.1 Å². The quantitative estimate of drug-likeness (QED) is 0.202. The molecule has 0 spiro atoms. The Bertz CT molecular complexity index is 509. The smallest absolute Gasteiger partial charge is 0.264 e. The second-order valence-electron chi connectivity index (χ2n) is 3.76. The van der Waals surface area contributed by atoms with Gasteiger partial charge in [0, 0.05) is 5.56 Å². The third kappa shape index (κ3) is 4.06. The zero-order valence-electron chi connectivity index (χ0n) is 9.40. The molecule has 0 saturated heterocycles. The third-order valence-corrected chi connectivity index (χ3v) is 3.19. The minimum absolute atomic E-state index is 0.228. The van der Waals surface area contributed by atoms with Gasteiger partial charge in [-0.05, 0) is 25.3 Å². The summed E-state index contributed by atoms with van der Waals surface area (Å²) in [6, 6.07) is 2.67. The first-order valence-electron chi connectivity index (χ1n) is 5.15. The van der Waals surface area contributed by atoms with Gasteiger partial charge in [-0.25, -0.2) is 5.26 Å². The molecule has 0 aromatic heterocycles. The van der Waals surface area contributed by atoms with Crippen LogP contribution >= 0.6 is 0 Å². The van der Waals surface area contributed by atoms with E-state index in [4.69, 9.17) is 9.81 Å². The van der Waals surface area contributed by atoms with Gasteiger partial charge in [0.05, 0.1) is 5.75 Å². The van der Waals surface area contributed by atoms with E-state index in [1.807, 2.05) is 0 Å². The van der Waals surface area contributed by atoms with Gasteiger partial charge in [-0.1, -0.05) is 6.07 Å². The zero-order valence-corrected chi connectivity index (χ0v) is 10.2. The Morgan fingerprint density at radius 1 is 1.17 bits per heavy atom. The lowest BCUT2D eigenvalue weighted by atomic mass is 10.1. The van der Waals surface area contributed by atoms with Crippen LogP contribution in [0.25, 0.3) is 0 Å². The summed E-state index contributed by atoms with van der Waals surface area (Å²) in [4.78, 5) is 3.98. The van der Waals surface area contributed by atoms with Crippen LogP contribution in [0.5, 0.6) is 17.2 Å². The lowest BCUT2D eigenvalue weighted by molar-refractivity contribution is -0.139. The Morgan fingerprint density at radius 2 is 1.83 bits per heavy atom. The van der Waals surface area contributed by atoms with E-state index >= 15 is 0 Å². The summed E-state index contributed by atoms with van der Waals surface area (Å²) in [5, 5.41) is 27.2. The zero-order chi connectivity index (χ0) is 13.8. The normalized spacial score (nSPS) is 11.4. The molecule has 1 aromatic carbocycles. The van der Waals surface area contributed by atoms with E-state index < -0.39 is 21.6 Å². The monoisotopic (exact) mass is 278 g/mol. The molecular weight excluding hydrogens is 264 g/mol. The van der Waals surface area contributed by atoms with E-state index in [0.717, 1.165) is 0 Å². The standard InChI is InChI=1S/C10H14O7S/c11-8-5-4-7(10(17-13)9(8)12)3-1-2-6-18(14,15)16/h4-5,11-13H,1-3,6H2,(H,14,15,16). The van der Waals surface area contributed by atoms with E-state index in [2.05, 4.69) is 4.89 Å². The van der Waals surface area contributed by atoms with Gasteiger partial charge in [-0.3, -0.25) is 4.55 Å². The van der Waals surface area contributed by atoms with Crippen LogP contribution in [0.3, 0.4) is 0 Å². The highest BCUT2D eigenvalue weighted by atomic mass is 32.2. The molecule has 7 nitrogen and oxygen atoms in total. The molecule has 8 heteroatoms. The minimum atomic E-state index is -3.98. The van der Waals surface area contributed by atoms with E-state index in [1.54, 1.807) is 0 Å². The minimum Gasteiger partial charge on any atom is -0.504 e. The van der Waals surface area contributed by atoms with Crippen LogP contribution in [0.1, 0.15) is 18.4 Å². The van der Waals surface area contributed by atoms with Crippen molar-refractivity contribution in [3.05, 3.63) is 17.7 Å². The van der Waals surface area contributed by atoms with Gasteiger partial charge in [0.25, 0.3) is 10.1 Å². The molecule has 0 fully saturated rings. The SMILES string of the molecule is O=S(=O)(O)CCCCc1ccc(O)c(O)c1OO. The molecule has 0 aliphatic carbocycles. The molecule has 0 amide bonds. The van der Waals surface area contributed by atoms with Crippen molar-refractivity contribution >= 4 is 10.1 Å². The summed E-state index contributed by atoms with van der Waals surface area (Å²) in [7, 11) is -3.98. The predicted molar refractivity (Wildman–Crippen MR) is 62.4 cm³/mol. The van der Waals surface area contributed by atoms with Gasteiger partial charge in [0.2, 0.25) is 11.5 Å². The molecule has 1 aromatic rings. The second-order valence-corrected chi connectivity index (χ2v) is 5.33. The number of aryl methyl sites for hydroxylation is 1. The van der Waals surface area contributed by atoms with Crippen LogP contribution in [0.4, 0.5) is 0 Å². The third-order valence-electron chi connectivity index (χ3n) is 2.38. The molecule has 0 atom stereocenters. The number of hydrogen-bond donors (Lipinski definition) is 4. The molecule has 0 radical (unpaired) electrons. The Morgan fingerprint density at radius 3 is 2.39 bits per heavy atom. The number of benzene rings is 1. The molecule has 0 aliphatic heterocycles. The predicted octanol–water partition coefficient (Wildman–Crippen LogP) is 1.16. The van der Waals surface area contributed by atoms with E-state index in [-0.39, 0.29) is 17.9 Å². The second kappa shape index (κ2) is 5.89. The van der Waals surface area contributed by atoms with E-state index in [1.165, 1.54) is 12.1 Å². The molecule has 0 heterocycles. The average molecular weight is 278 g/mol. The lowest BCUT2D eigenvalue weighted by Gasteiger charge is -2.09. The number of unbranched alkanes of at least 4 members (excludes halogenated alkanes) is 1. The molecule has 1 rings (SSSR count). The first kappa shape index (κ1) is 14.6. The van der Waals surface area contributed by atoms with Crippen LogP contribution in [-0.2, 0) is 16.5 Å². The van der Waals surface area contributed by atoms with Crippen molar-refractivity contribution in [1.82, 2.24) is 0 Å². The number of aromatic hydroxyl groups is 2. The average Bonchev–Trinajstić information content (AvgIpc) is 2.28. The highest BCUT2D eigenvalue weighted by molar-refractivity contribution is 7.85. The van der Waals surface area contributed by atoms with Crippen LogP contribution in [0, 0.1) is 0 Å². The fraction of sp³-hybridized carbons (Fsp3) is 0.400. The van der Waals surface area contributed by atoms with E-state index in [9.17, 15) is 18.6 Å². The maximum atomic E-state index is 10.5. The first-order valence-corrected chi connectivity index (χ1v) is 6.76. The summed E-state index contributed by atoms with van der Waals surface area (Å²) in [5.41, 5.74) is 0.420. The first-order chi connectivity index (χ1) is 8.35. The van der Waals surface area contributed by atoms with Gasteiger partial charge in [0.15, 0.2) is 5.75 Å². The van der Waals surface area contributed by atoms with Crippen molar-refractivity contribution in [3.8, 4) is 17.2 Å². The van der Waals surface area contributed by atoms with Crippen molar-refractivity contribution in [2.45, 2.75) is 19.3 Å². The summed E-state index contributed by atoms with van der Waals surface area (Å²) in [5.74, 6) is -1.63. The van der Waals surface area contributed by atoms with Gasteiger partial charge >= 0.3 is 0 Å². The summed E-state index contributed by atoms with van der Waals surface area (Å²) < 4.78 is 29.5. The van der Waals surface area contributed by atoms with Crippen molar-refractivity contribution in [2.24, 2.45) is 0 Å². The number of phenolic OH excluding ortho intramolecular Hbond substituents is 2.